The summed E-state index contributed by atoms with van der Waals surface area (Å²) in [6.45, 7) is 8.18. The normalized spacial score (nSPS) is 17.0. The lowest BCUT2D eigenvalue weighted by atomic mass is 10.2. The van der Waals surface area contributed by atoms with Crippen LogP contribution in [0.15, 0.2) is 24.3 Å². The molecule has 2 rings (SSSR count). The van der Waals surface area contributed by atoms with Crippen molar-refractivity contribution in [1.29, 1.82) is 0 Å². The number of hydrogen-bond donors (Lipinski definition) is 0. The maximum atomic E-state index is 12.6. The Kier molecular flexibility index (Phi) is 6.49. The second kappa shape index (κ2) is 8.38. The van der Waals surface area contributed by atoms with Crippen molar-refractivity contribution < 1.29 is 14.3 Å². The van der Waals surface area contributed by atoms with Crippen LogP contribution in [0, 0.1) is 5.92 Å². The molecule has 5 nitrogen and oxygen atoms in total. The van der Waals surface area contributed by atoms with Gasteiger partial charge in [0.25, 0.3) is 5.91 Å². The molecule has 1 heterocycles. The van der Waals surface area contributed by atoms with E-state index < -0.39 is 6.10 Å². The van der Waals surface area contributed by atoms with Crippen molar-refractivity contribution in [3.63, 3.8) is 0 Å². The minimum atomic E-state index is -0.616. The molecule has 0 unspecified atom stereocenters. The van der Waals surface area contributed by atoms with Gasteiger partial charge in [-0.15, -0.1) is 0 Å². The Hall–Kier alpha value is -1.75. The average Bonchev–Trinajstić information content (AvgIpc) is 2.69. The van der Waals surface area contributed by atoms with Crippen molar-refractivity contribution in [1.82, 2.24) is 9.80 Å². The van der Waals surface area contributed by atoms with Crippen LogP contribution in [0.4, 0.5) is 0 Å². The third-order valence-corrected chi connectivity index (χ3v) is 4.18. The summed E-state index contributed by atoms with van der Waals surface area (Å²) >= 11 is 5.93. The van der Waals surface area contributed by atoms with Crippen molar-refractivity contribution >= 4 is 23.4 Å². The number of rotatable bonds is 5. The van der Waals surface area contributed by atoms with Gasteiger partial charge < -0.3 is 14.5 Å². The summed E-state index contributed by atoms with van der Waals surface area (Å²) in [6, 6.07) is 6.99. The van der Waals surface area contributed by atoms with E-state index in [4.69, 9.17) is 16.3 Å². The fraction of sp³-hybridized carbons (Fsp3) is 0.556. The lowest BCUT2D eigenvalue weighted by Gasteiger charge is -2.25. The molecule has 1 fully saturated rings. The number of halogens is 1. The Balaban J connectivity index is 1.95. The largest absolute Gasteiger partial charge is 0.481 e. The van der Waals surface area contributed by atoms with E-state index in [1.54, 1.807) is 36.1 Å². The fourth-order valence-corrected chi connectivity index (χ4v) is 2.95. The molecule has 1 aliphatic rings. The van der Waals surface area contributed by atoms with Crippen molar-refractivity contribution in [3.8, 4) is 5.75 Å². The Bertz CT molecular complexity index is 591. The second-order valence-corrected chi connectivity index (χ2v) is 6.96. The first kappa shape index (κ1) is 18.6. The Morgan fingerprint density at radius 1 is 1.25 bits per heavy atom. The molecule has 132 valence electrons. The third kappa shape index (κ3) is 5.13. The first-order valence-corrected chi connectivity index (χ1v) is 8.73. The van der Waals surface area contributed by atoms with Gasteiger partial charge in [0.05, 0.1) is 0 Å². The van der Waals surface area contributed by atoms with E-state index in [9.17, 15) is 9.59 Å². The van der Waals surface area contributed by atoms with Crippen LogP contribution < -0.4 is 4.74 Å². The van der Waals surface area contributed by atoms with Gasteiger partial charge in [0, 0.05) is 37.6 Å². The van der Waals surface area contributed by atoms with Gasteiger partial charge in [-0.25, -0.2) is 0 Å². The van der Waals surface area contributed by atoms with Gasteiger partial charge in [0.1, 0.15) is 5.75 Å². The molecule has 0 aromatic heterocycles. The van der Waals surface area contributed by atoms with Crippen molar-refractivity contribution in [2.45, 2.75) is 33.3 Å². The maximum absolute atomic E-state index is 12.6. The number of carbonyl (C=O) groups excluding carboxylic acids is 2. The number of benzene rings is 1. The summed E-state index contributed by atoms with van der Waals surface area (Å²) in [6.07, 6.45) is -0.252. The summed E-state index contributed by atoms with van der Waals surface area (Å²) < 4.78 is 5.70. The zero-order chi connectivity index (χ0) is 17.7. The van der Waals surface area contributed by atoms with E-state index in [-0.39, 0.29) is 11.8 Å². The van der Waals surface area contributed by atoms with E-state index in [1.807, 2.05) is 4.90 Å². The van der Waals surface area contributed by atoms with Crippen molar-refractivity contribution in [2.75, 3.05) is 26.2 Å². The molecule has 0 radical (unpaired) electrons. The highest BCUT2D eigenvalue weighted by molar-refractivity contribution is 6.30. The fourth-order valence-electron chi connectivity index (χ4n) is 2.77. The molecule has 1 aromatic rings. The first-order chi connectivity index (χ1) is 11.4. The molecule has 24 heavy (non-hydrogen) atoms. The Morgan fingerprint density at radius 2 is 2.00 bits per heavy atom. The molecule has 6 heteroatoms. The summed E-state index contributed by atoms with van der Waals surface area (Å²) in [5, 5.41) is 0.567. The van der Waals surface area contributed by atoms with Crippen molar-refractivity contribution in [2.24, 2.45) is 5.92 Å². The van der Waals surface area contributed by atoms with Crippen LogP contribution in [0.2, 0.25) is 5.02 Å². The summed E-state index contributed by atoms with van der Waals surface area (Å²) in [5.41, 5.74) is 0. The molecule has 1 saturated heterocycles. The van der Waals surface area contributed by atoms with Crippen LogP contribution in [-0.4, -0.2) is 53.9 Å². The topological polar surface area (TPSA) is 49.9 Å². The molecule has 0 spiro atoms. The van der Waals surface area contributed by atoms with E-state index in [2.05, 4.69) is 13.8 Å². The monoisotopic (exact) mass is 352 g/mol. The van der Waals surface area contributed by atoms with Crippen LogP contribution in [0.1, 0.15) is 27.2 Å². The van der Waals surface area contributed by atoms with Gasteiger partial charge in [-0.05, 0) is 31.0 Å². The average molecular weight is 353 g/mol. The molecule has 0 saturated carbocycles. The molecule has 1 aliphatic heterocycles. The van der Waals surface area contributed by atoms with Crippen LogP contribution in [-0.2, 0) is 9.59 Å². The van der Waals surface area contributed by atoms with Gasteiger partial charge in [0.15, 0.2) is 6.10 Å². The standard InChI is InChI=1S/C18H25ClN2O3/c1-13(2)12-21-10-9-20(8-7-17(21)22)18(23)14(3)24-16-6-4-5-15(19)11-16/h4-6,11,13-14H,7-10,12H2,1-3H3/t14-/m0/s1. The number of ether oxygens (including phenoxy) is 1. The highest BCUT2D eigenvalue weighted by Crippen LogP contribution is 2.19. The quantitative estimate of drug-likeness (QED) is 0.818. The lowest BCUT2D eigenvalue weighted by Crippen LogP contribution is -2.42. The Labute approximate surface area is 148 Å². The van der Waals surface area contributed by atoms with E-state index >= 15 is 0 Å². The minimum absolute atomic E-state index is 0.103. The molecular formula is C18H25ClN2O3. The second-order valence-electron chi connectivity index (χ2n) is 6.53. The predicted molar refractivity (Wildman–Crippen MR) is 94.2 cm³/mol. The molecule has 0 bridgehead atoms. The van der Waals surface area contributed by atoms with Crippen LogP contribution in [0.25, 0.3) is 0 Å². The van der Waals surface area contributed by atoms with Crippen LogP contribution in [0.5, 0.6) is 5.75 Å². The molecule has 0 aliphatic carbocycles. The van der Waals surface area contributed by atoms with E-state index in [0.717, 1.165) is 6.54 Å². The smallest absolute Gasteiger partial charge is 0.263 e. The molecule has 0 N–H and O–H groups in total. The first-order valence-electron chi connectivity index (χ1n) is 8.35. The van der Waals surface area contributed by atoms with Crippen LogP contribution >= 0.6 is 11.6 Å². The minimum Gasteiger partial charge on any atom is -0.481 e. The van der Waals surface area contributed by atoms with Gasteiger partial charge in [-0.1, -0.05) is 31.5 Å². The summed E-state index contributed by atoms with van der Waals surface area (Å²) in [5.74, 6) is 0.994. The number of carbonyl (C=O) groups is 2. The third-order valence-electron chi connectivity index (χ3n) is 3.94. The van der Waals surface area contributed by atoms with Crippen LogP contribution in [0.3, 0.4) is 0 Å². The van der Waals surface area contributed by atoms with E-state index in [1.165, 1.54) is 0 Å². The Morgan fingerprint density at radius 3 is 2.67 bits per heavy atom. The molecule has 2 amide bonds. The highest BCUT2D eigenvalue weighted by Gasteiger charge is 2.27. The van der Waals surface area contributed by atoms with Gasteiger partial charge in [-0.2, -0.15) is 0 Å². The van der Waals surface area contributed by atoms with E-state index in [0.29, 0.717) is 42.7 Å². The molecule has 1 atom stereocenters. The zero-order valence-electron chi connectivity index (χ0n) is 14.5. The van der Waals surface area contributed by atoms with Crippen molar-refractivity contribution in [3.05, 3.63) is 29.3 Å². The SMILES string of the molecule is CC(C)CN1CCN(C(=O)[C@H](C)Oc2cccc(Cl)c2)CCC1=O. The van der Waals surface area contributed by atoms with Gasteiger partial charge in [0.2, 0.25) is 5.91 Å². The van der Waals surface area contributed by atoms with Gasteiger partial charge >= 0.3 is 0 Å². The summed E-state index contributed by atoms with van der Waals surface area (Å²) in [7, 11) is 0. The zero-order valence-corrected chi connectivity index (χ0v) is 15.3. The van der Waals surface area contributed by atoms with Gasteiger partial charge in [-0.3, -0.25) is 9.59 Å². The molecular weight excluding hydrogens is 328 g/mol. The predicted octanol–water partition coefficient (Wildman–Crippen LogP) is 2.82. The maximum Gasteiger partial charge on any atom is 0.263 e. The number of nitrogens with zero attached hydrogens (tertiary/aromatic N) is 2. The summed E-state index contributed by atoms with van der Waals surface area (Å²) in [4.78, 5) is 28.3. The molecule has 1 aromatic carbocycles. The number of hydrogen-bond acceptors (Lipinski definition) is 3. The highest BCUT2D eigenvalue weighted by atomic mass is 35.5. The lowest BCUT2D eigenvalue weighted by molar-refractivity contribution is -0.137. The number of amides is 2.